The summed E-state index contributed by atoms with van der Waals surface area (Å²) in [5.74, 6) is 0. The van der Waals surface area contributed by atoms with Gasteiger partial charge in [0, 0.05) is 55.5 Å². The molecule has 0 saturated carbocycles. The molecule has 0 aliphatic carbocycles. The third kappa shape index (κ3) is 2.82. The van der Waals surface area contributed by atoms with Crippen molar-refractivity contribution in [2.45, 2.75) is 0 Å². The second kappa shape index (κ2) is 8.19. The Bertz CT molecular complexity index is 2550. The summed E-state index contributed by atoms with van der Waals surface area (Å²) in [6.45, 7) is 0. The average molecular weight is 579 g/mol. The van der Waals surface area contributed by atoms with Gasteiger partial charge in [-0.25, -0.2) is 0 Å². The Balaban J connectivity index is 0.000000119. The number of aromatic nitrogens is 2. The first-order valence-corrected chi connectivity index (χ1v) is 14.8. The normalized spacial score (nSPS) is 12.2. The first kappa shape index (κ1) is 23.5. The van der Waals surface area contributed by atoms with E-state index < -0.39 is 0 Å². The molecule has 0 atom stereocenters. The molecule has 0 N–H and O–H groups in total. The molecule has 4 aromatic heterocycles. The van der Waals surface area contributed by atoms with Crippen LogP contribution >= 0.6 is 22.7 Å². The van der Waals surface area contributed by atoms with Crippen LogP contribution in [0.4, 0.5) is 0 Å². The first-order valence-electron chi connectivity index (χ1n) is 13.2. The molecule has 0 amide bonds. The van der Waals surface area contributed by atoms with E-state index >= 15 is 0 Å². The Morgan fingerprint density at radius 2 is 0.714 bits per heavy atom. The number of benzene rings is 2. The number of rotatable bonds is 0. The van der Waals surface area contributed by atoms with Crippen LogP contribution in [-0.4, -0.2) is 9.97 Å². The van der Waals surface area contributed by atoms with Gasteiger partial charge in [-0.3, -0.25) is 29.1 Å². The molecule has 0 spiro atoms. The van der Waals surface area contributed by atoms with E-state index in [1.807, 2.05) is 48.5 Å². The van der Waals surface area contributed by atoms with Crippen LogP contribution in [0.1, 0.15) is 0 Å². The molecule has 0 bridgehead atoms. The third-order valence-electron chi connectivity index (χ3n) is 8.10. The molecule has 10 rings (SSSR count). The highest BCUT2D eigenvalue weighted by atomic mass is 32.1. The predicted octanol–water partition coefficient (Wildman–Crippen LogP) is 6.70. The van der Waals surface area contributed by atoms with Gasteiger partial charge in [0.2, 0.25) is 21.7 Å². The summed E-state index contributed by atoms with van der Waals surface area (Å²) in [4.78, 5) is 58.6. The first-order chi connectivity index (χ1) is 20.5. The second-order valence-corrected chi connectivity index (χ2v) is 12.3. The van der Waals surface area contributed by atoms with Crippen molar-refractivity contribution in [2.75, 3.05) is 0 Å². The van der Waals surface area contributed by atoms with Crippen molar-refractivity contribution in [3.63, 3.8) is 0 Å². The van der Waals surface area contributed by atoms with E-state index in [1.54, 1.807) is 36.7 Å². The van der Waals surface area contributed by atoms with Crippen molar-refractivity contribution in [3.05, 3.63) is 126 Å². The van der Waals surface area contributed by atoms with Crippen molar-refractivity contribution in [2.24, 2.45) is 0 Å². The van der Waals surface area contributed by atoms with E-state index in [4.69, 9.17) is 0 Å². The lowest BCUT2D eigenvalue weighted by Gasteiger charge is -1.91. The lowest BCUT2D eigenvalue weighted by molar-refractivity contribution is 1.43. The Labute approximate surface area is 241 Å². The van der Waals surface area contributed by atoms with Crippen LogP contribution in [0.15, 0.2) is 104 Å². The van der Waals surface area contributed by atoms with Gasteiger partial charge < -0.3 is 0 Å². The summed E-state index contributed by atoms with van der Waals surface area (Å²) in [6.07, 6.45) is 3.34. The molecule has 0 aliphatic heterocycles. The van der Waals surface area contributed by atoms with Crippen LogP contribution in [-0.2, 0) is 0 Å². The zero-order valence-corrected chi connectivity index (χ0v) is 23.1. The van der Waals surface area contributed by atoms with Crippen molar-refractivity contribution in [1.29, 1.82) is 0 Å². The van der Waals surface area contributed by atoms with E-state index in [2.05, 4.69) is 9.97 Å². The largest absolute Gasteiger partial charge is 0.288 e. The van der Waals surface area contributed by atoms with Gasteiger partial charge in [0.25, 0.3) is 0 Å². The smallest absolute Gasteiger partial charge is 0.205 e. The Morgan fingerprint density at radius 3 is 1.14 bits per heavy atom. The van der Waals surface area contributed by atoms with Crippen molar-refractivity contribution < 1.29 is 0 Å². The SMILES string of the molecule is O=c1c2ccccc2c2c1sc1c(=O)c3ccccc3c12.O=c1c2cccnc2c2c1sc1c(=O)c3cccnc3c12. The summed E-state index contributed by atoms with van der Waals surface area (Å²) < 4.78 is 2.64. The lowest BCUT2D eigenvalue weighted by Crippen LogP contribution is -1.93. The van der Waals surface area contributed by atoms with Gasteiger partial charge in [0.1, 0.15) is 0 Å². The quantitative estimate of drug-likeness (QED) is 0.199. The average Bonchev–Trinajstić information content (AvgIpc) is 3.84. The van der Waals surface area contributed by atoms with Crippen molar-refractivity contribution in [1.82, 2.24) is 9.97 Å². The van der Waals surface area contributed by atoms with Gasteiger partial charge in [0.05, 0.1) is 29.8 Å². The van der Waals surface area contributed by atoms with Crippen molar-refractivity contribution >= 4 is 106 Å². The summed E-state index contributed by atoms with van der Waals surface area (Å²) in [5, 5.41) is 8.10. The number of hydrogen-bond donors (Lipinski definition) is 0. The van der Waals surface area contributed by atoms with Crippen LogP contribution in [0.25, 0.3) is 83.7 Å². The highest BCUT2D eigenvalue weighted by molar-refractivity contribution is 7.26. The molecule has 10 aromatic rings. The van der Waals surface area contributed by atoms with E-state index in [0.29, 0.717) is 40.6 Å². The Kier molecular flexibility index (Phi) is 4.59. The molecule has 0 fully saturated rings. The zero-order chi connectivity index (χ0) is 28.3. The molecule has 6 nitrogen and oxygen atoms in total. The van der Waals surface area contributed by atoms with E-state index in [1.165, 1.54) is 22.7 Å². The van der Waals surface area contributed by atoms with Gasteiger partial charge in [-0.15, -0.1) is 22.7 Å². The molecular formula is C34H14N2O4S2. The molecule has 0 unspecified atom stereocenters. The van der Waals surface area contributed by atoms with Crippen LogP contribution in [0.5, 0.6) is 0 Å². The number of hydrogen-bond acceptors (Lipinski definition) is 8. The maximum Gasteiger partial charge on any atom is 0.205 e. The van der Waals surface area contributed by atoms with Gasteiger partial charge in [-0.05, 0) is 35.0 Å². The number of fused-ring (bicyclic) bond motifs is 14. The standard InChI is InChI=1S/C18H8O2S.C16H6N2O2S/c19-15-11-7-3-1-5-9(11)13-14-10-6-2-4-8-12(10)16(20)18(14)21-17(13)15;19-13-7-3-1-5-17-11(7)9-10-12-8(4-2-6-18-12)14(20)16(10)21-15(9)13/h1-8H;1-6H. The van der Waals surface area contributed by atoms with E-state index in [-0.39, 0.29) is 21.7 Å². The molecule has 4 heterocycles. The maximum absolute atomic E-state index is 12.5. The van der Waals surface area contributed by atoms with Crippen LogP contribution in [0.3, 0.4) is 0 Å². The fourth-order valence-corrected chi connectivity index (χ4v) is 8.78. The summed E-state index contributed by atoms with van der Waals surface area (Å²) in [7, 11) is 0. The number of nitrogens with zero attached hydrogens (tertiary/aromatic N) is 2. The molecule has 0 saturated heterocycles. The maximum atomic E-state index is 12.5. The van der Waals surface area contributed by atoms with Crippen LogP contribution in [0, 0.1) is 0 Å². The topological polar surface area (TPSA) is 94.1 Å². The van der Waals surface area contributed by atoms with Gasteiger partial charge in [-0.2, -0.15) is 0 Å². The van der Waals surface area contributed by atoms with Gasteiger partial charge in [0.15, 0.2) is 0 Å². The van der Waals surface area contributed by atoms with Gasteiger partial charge in [-0.1, -0.05) is 48.5 Å². The fourth-order valence-electron chi connectivity index (χ4n) is 6.33. The van der Waals surface area contributed by atoms with Gasteiger partial charge >= 0.3 is 0 Å². The minimum Gasteiger partial charge on any atom is -0.288 e. The highest BCUT2D eigenvalue weighted by Gasteiger charge is 2.23. The molecule has 196 valence electrons. The van der Waals surface area contributed by atoms with Crippen LogP contribution < -0.4 is 21.7 Å². The molecular weight excluding hydrogens is 565 g/mol. The minimum atomic E-state index is -0.0437. The molecule has 6 aromatic carbocycles. The third-order valence-corrected chi connectivity index (χ3v) is 10.5. The number of pyridine rings is 2. The summed E-state index contributed by atoms with van der Waals surface area (Å²) in [6, 6.07) is 22.4. The predicted molar refractivity (Wildman–Crippen MR) is 174 cm³/mol. The summed E-state index contributed by atoms with van der Waals surface area (Å²) >= 11 is 2.60. The van der Waals surface area contributed by atoms with Crippen molar-refractivity contribution in [3.8, 4) is 0 Å². The molecule has 0 radical (unpaired) electrons. The fraction of sp³-hybridized carbons (Fsp3) is 0. The molecule has 8 heteroatoms. The monoisotopic (exact) mass is 578 g/mol. The van der Waals surface area contributed by atoms with E-state index in [0.717, 1.165) is 43.1 Å². The highest BCUT2D eigenvalue weighted by Crippen LogP contribution is 2.41. The zero-order valence-electron chi connectivity index (χ0n) is 21.4. The minimum absolute atomic E-state index is 0.0437. The van der Waals surface area contributed by atoms with Crippen LogP contribution in [0.2, 0.25) is 0 Å². The lowest BCUT2D eigenvalue weighted by atomic mass is 10.1. The Morgan fingerprint density at radius 1 is 0.381 bits per heavy atom. The van der Waals surface area contributed by atoms with E-state index in [9.17, 15) is 19.2 Å². The summed E-state index contributed by atoms with van der Waals surface area (Å²) in [5.41, 5.74) is 1.34. The molecule has 0 aliphatic rings. The number of thiophene rings is 2. The second-order valence-electron chi connectivity index (χ2n) is 10.2. The molecule has 42 heavy (non-hydrogen) atoms. The Hall–Kier alpha value is -5.18.